The first kappa shape index (κ1) is 17.4. The Morgan fingerprint density at radius 3 is 2.73 bits per heavy atom. The third-order valence-corrected chi connectivity index (χ3v) is 8.90. The number of ether oxygens (including phenoxy) is 1. The molecule has 0 radical (unpaired) electrons. The van der Waals surface area contributed by atoms with Gasteiger partial charge in [0.2, 0.25) is 5.72 Å². The molecule has 0 aromatic rings. The molecular formula is C21H34N2O3. The van der Waals surface area contributed by atoms with Crippen LogP contribution in [0.2, 0.25) is 0 Å². The Kier molecular flexibility index (Phi) is 3.97. The van der Waals surface area contributed by atoms with Gasteiger partial charge in [0.25, 0.3) is 0 Å². The lowest BCUT2D eigenvalue weighted by atomic mass is 9.58. The Balaban J connectivity index is 1.66. The molecule has 5 heteroatoms. The summed E-state index contributed by atoms with van der Waals surface area (Å²) >= 11 is 0. The molecule has 5 aliphatic rings. The van der Waals surface area contributed by atoms with Crippen molar-refractivity contribution in [1.29, 1.82) is 0 Å². The number of carbonyl (C=O) groups is 1. The van der Waals surface area contributed by atoms with Gasteiger partial charge in [-0.3, -0.25) is 9.80 Å². The summed E-state index contributed by atoms with van der Waals surface area (Å²) in [5.74, 6) is 0.875. The molecular weight excluding hydrogens is 328 g/mol. The van der Waals surface area contributed by atoms with Gasteiger partial charge in [-0.15, -0.1) is 0 Å². The molecule has 0 bridgehead atoms. The van der Waals surface area contributed by atoms with E-state index in [1.807, 2.05) is 0 Å². The van der Waals surface area contributed by atoms with Crippen molar-refractivity contribution in [2.24, 2.45) is 17.3 Å². The minimum Gasteiger partial charge on any atom is -0.466 e. The monoisotopic (exact) mass is 362 g/mol. The van der Waals surface area contributed by atoms with Gasteiger partial charge in [-0.2, -0.15) is 0 Å². The lowest BCUT2D eigenvalue weighted by Crippen LogP contribution is -2.76. The summed E-state index contributed by atoms with van der Waals surface area (Å²) in [4.78, 5) is 17.9. The second-order valence-electron chi connectivity index (χ2n) is 9.65. The van der Waals surface area contributed by atoms with E-state index in [2.05, 4.69) is 16.7 Å². The van der Waals surface area contributed by atoms with Gasteiger partial charge in [0, 0.05) is 24.5 Å². The summed E-state index contributed by atoms with van der Waals surface area (Å²) in [5, 5.41) is 11.8. The molecule has 5 nitrogen and oxygen atoms in total. The molecule has 26 heavy (non-hydrogen) atoms. The van der Waals surface area contributed by atoms with Gasteiger partial charge in [-0.1, -0.05) is 19.8 Å². The fourth-order valence-corrected chi connectivity index (χ4v) is 8.04. The molecule has 5 fully saturated rings. The van der Waals surface area contributed by atoms with Crippen molar-refractivity contribution in [3.63, 3.8) is 0 Å². The van der Waals surface area contributed by atoms with Crippen LogP contribution in [0, 0.1) is 17.3 Å². The van der Waals surface area contributed by atoms with E-state index >= 15 is 0 Å². The molecule has 1 aliphatic carbocycles. The lowest BCUT2D eigenvalue weighted by Gasteiger charge is -2.64. The lowest BCUT2D eigenvalue weighted by molar-refractivity contribution is -0.246. The first-order chi connectivity index (χ1) is 12.6. The zero-order valence-corrected chi connectivity index (χ0v) is 16.3. The SMILES string of the molecule is CC[C@]12CCCN3CCC4C5CCCCC5N(C4C31)[C@](O)(C(=O)OC)C2. The molecule has 4 aliphatic heterocycles. The van der Waals surface area contributed by atoms with Gasteiger partial charge >= 0.3 is 5.97 Å². The third-order valence-electron chi connectivity index (χ3n) is 8.90. The fraction of sp³-hybridized carbons (Fsp3) is 0.952. The van der Waals surface area contributed by atoms with Gasteiger partial charge in [0.15, 0.2) is 0 Å². The average Bonchev–Trinajstić information content (AvgIpc) is 3.02. The first-order valence-electron chi connectivity index (χ1n) is 10.9. The van der Waals surface area contributed by atoms with E-state index in [1.54, 1.807) is 0 Å². The minimum atomic E-state index is -1.43. The molecule has 0 aromatic heterocycles. The van der Waals surface area contributed by atoms with Crippen molar-refractivity contribution in [3.05, 3.63) is 0 Å². The summed E-state index contributed by atoms with van der Waals surface area (Å²) in [6.07, 6.45) is 10.1. The van der Waals surface area contributed by atoms with Crippen molar-refractivity contribution in [1.82, 2.24) is 9.80 Å². The molecule has 7 atom stereocenters. The molecule has 1 saturated carbocycles. The number of nitrogens with zero attached hydrogens (tertiary/aromatic N) is 2. The largest absolute Gasteiger partial charge is 0.466 e. The smallest absolute Gasteiger partial charge is 0.353 e. The van der Waals surface area contributed by atoms with Crippen molar-refractivity contribution in [3.8, 4) is 0 Å². The highest BCUT2D eigenvalue weighted by atomic mass is 16.5. The minimum absolute atomic E-state index is 0.0501. The summed E-state index contributed by atoms with van der Waals surface area (Å²) in [5.41, 5.74) is -1.38. The number of hydrogen-bond acceptors (Lipinski definition) is 5. The highest BCUT2D eigenvalue weighted by molar-refractivity contribution is 5.79. The maximum Gasteiger partial charge on any atom is 0.353 e. The quantitative estimate of drug-likeness (QED) is 0.765. The van der Waals surface area contributed by atoms with Crippen LogP contribution < -0.4 is 0 Å². The van der Waals surface area contributed by atoms with E-state index in [0.717, 1.165) is 19.3 Å². The van der Waals surface area contributed by atoms with E-state index in [-0.39, 0.29) is 5.41 Å². The Morgan fingerprint density at radius 2 is 1.96 bits per heavy atom. The van der Waals surface area contributed by atoms with Gasteiger partial charge in [-0.05, 0) is 68.9 Å². The molecule has 146 valence electrons. The van der Waals surface area contributed by atoms with Crippen LogP contribution in [0.1, 0.15) is 64.7 Å². The third kappa shape index (κ3) is 2.05. The number of methoxy groups -OCH3 is 1. The second-order valence-corrected chi connectivity index (χ2v) is 9.65. The van der Waals surface area contributed by atoms with Crippen LogP contribution >= 0.6 is 0 Å². The van der Waals surface area contributed by atoms with E-state index in [1.165, 1.54) is 52.3 Å². The molecule has 0 aromatic carbocycles. The summed E-state index contributed by atoms with van der Waals surface area (Å²) in [7, 11) is 1.44. The van der Waals surface area contributed by atoms with Gasteiger partial charge in [0.1, 0.15) is 0 Å². The van der Waals surface area contributed by atoms with Crippen LogP contribution in [-0.2, 0) is 9.53 Å². The van der Waals surface area contributed by atoms with Gasteiger partial charge in [0.05, 0.1) is 7.11 Å². The molecule has 0 amide bonds. The normalized spacial score (nSPS) is 50.8. The highest BCUT2D eigenvalue weighted by Crippen LogP contribution is 2.61. The highest BCUT2D eigenvalue weighted by Gasteiger charge is 2.70. The summed E-state index contributed by atoms with van der Waals surface area (Å²) in [6, 6.07) is 1.20. The Hall–Kier alpha value is -0.650. The molecule has 4 heterocycles. The molecule has 4 saturated heterocycles. The van der Waals surface area contributed by atoms with E-state index < -0.39 is 11.7 Å². The maximum absolute atomic E-state index is 12.9. The van der Waals surface area contributed by atoms with Crippen LogP contribution in [0.5, 0.6) is 0 Å². The number of esters is 1. The molecule has 1 N–H and O–H groups in total. The number of rotatable bonds is 2. The Bertz CT molecular complexity index is 598. The number of carbonyl (C=O) groups excluding carboxylic acids is 1. The first-order valence-corrected chi connectivity index (χ1v) is 10.9. The van der Waals surface area contributed by atoms with Crippen LogP contribution in [-0.4, -0.2) is 64.9 Å². The van der Waals surface area contributed by atoms with Crippen molar-refractivity contribution in [2.45, 2.75) is 88.6 Å². The van der Waals surface area contributed by atoms with E-state index in [4.69, 9.17) is 4.74 Å². The van der Waals surface area contributed by atoms with Crippen LogP contribution in [0.25, 0.3) is 0 Å². The fourth-order valence-electron chi connectivity index (χ4n) is 8.04. The zero-order valence-electron chi connectivity index (χ0n) is 16.3. The molecule has 5 rings (SSSR count). The van der Waals surface area contributed by atoms with Crippen LogP contribution in [0.4, 0.5) is 0 Å². The van der Waals surface area contributed by atoms with Crippen LogP contribution in [0.15, 0.2) is 0 Å². The average molecular weight is 363 g/mol. The second kappa shape index (κ2) is 5.92. The van der Waals surface area contributed by atoms with Crippen molar-refractivity contribution < 1.29 is 14.6 Å². The summed E-state index contributed by atoms with van der Waals surface area (Å²) in [6.45, 7) is 4.67. The molecule has 0 spiro atoms. The predicted octanol–water partition coefficient (Wildman–Crippen LogP) is 2.38. The van der Waals surface area contributed by atoms with Gasteiger partial charge in [-0.25, -0.2) is 4.79 Å². The standard InChI is InChI=1S/C21H34N2O3/c1-3-20-10-6-11-22-12-9-15-14-7-4-5-8-16(14)23(17(15)18(20)22)21(25,13-20)19(24)26-2/h14-18,25H,3-13H2,1-2H3/t14?,15?,16?,17?,18?,20-,21-/m1/s1. The Morgan fingerprint density at radius 1 is 1.15 bits per heavy atom. The predicted molar refractivity (Wildman–Crippen MR) is 98.4 cm³/mol. The van der Waals surface area contributed by atoms with Crippen molar-refractivity contribution in [2.75, 3.05) is 20.2 Å². The number of hydrogen-bond donors (Lipinski definition) is 1. The zero-order chi connectivity index (χ0) is 18.1. The van der Waals surface area contributed by atoms with Crippen molar-refractivity contribution >= 4 is 5.97 Å². The van der Waals surface area contributed by atoms with Crippen LogP contribution in [0.3, 0.4) is 0 Å². The topological polar surface area (TPSA) is 53.0 Å². The number of fused-ring (bicyclic) bond motifs is 3. The number of piperidine rings is 3. The number of aliphatic hydroxyl groups is 1. The Labute approximate surface area is 157 Å². The van der Waals surface area contributed by atoms with E-state index in [9.17, 15) is 9.90 Å². The van der Waals surface area contributed by atoms with Gasteiger partial charge < -0.3 is 9.84 Å². The summed E-state index contributed by atoms with van der Waals surface area (Å²) < 4.78 is 5.19. The molecule has 5 unspecified atom stereocenters. The van der Waals surface area contributed by atoms with E-state index in [0.29, 0.717) is 36.4 Å². The maximum atomic E-state index is 12.9.